The van der Waals surface area contributed by atoms with Gasteiger partial charge in [0.15, 0.2) is 11.6 Å². The molecule has 94 valence electrons. The highest BCUT2D eigenvalue weighted by Crippen LogP contribution is 2.24. The van der Waals surface area contributed by atoms with Gasteiger partial charge in [0.1, 0.15) is 6.61 Å². The van der Waals surface area contributed by atoms with Crippen LogP contribution in [0.2, 0.25) is 0 Å². The van der Waals surface area contributed by atoms with Crippen LogP contribution in [0, 0.1) is 11.6 Å². The van der Waals surface area contributed by atoms with Crippen LogP contribution in [0.15, 0.2) is 12.1 Å². The minimum atomic E-state index is -1.04. The van der Waals surface area contributed by atoms with E-state index in [1.54, 1.807) is 0 Å². The van der Waals surface area contributed by atoms with Gasteiger partial charge in [0.2, 0.25) is 5.91 Å². The van der Waals surface area contributed by atoms with Gasteiger partial charge >= 0.3 is 0 Å². The van der Waals surface area contributed by atoms with Crippen LogP contribution in [0.25, 0.3) is 0 Å². The molecule has 0 bridgehead atoms. The van der Waals surface area contributed by atoms with E-state index in [1.807, 2.05) is 0 Å². The Morgan fingerprint density at radius 3 is 2.76 bits per heavy atom. The number of carbonyl (C=O) groups excluding carboxylic acids is 1. The molecule has 0 aliphatic heterocycles. The van der Waals surface area contributed by atoms with E-state index in [0.717, 1.165) is 6.07 Å². The fraction of sp³-hybridized carbons (Fsp3) is 0.300. The molecule has 7 heteroatoms. The van der Waals surface area contributed by atoms with Gasteiger partial charge in [0.25, 0.3) is 0 Å². The Morgan fingerprint density at radius 2 is 2.12 bits per heavy atom. The molecule has 0 radical (unpaired) electrons. The Balaban J connectivity index is 2.46. The standard InChI is InChI=1S/C10H13F2N3O2/c11-6-1-2-7(13)10(9(6)12)15-3-4-17-5-8(14)16/h1-2,15H,3-5,13H2,(H2,14,16). The number of anilines is 2. The van der Waals surface area contributed by atoms with Crippen molar-refractivity contribution in [2.75, 3.05) is 30.8 Å². The number of primary amides is 1. The Labute approximate surface area is 96.7 Å². The van der Waals surface area contributed by atoms with Gasteiger partial charge in [-0.1, -0.05) is 0 Å². The summed E-state index contributed by atoms with van der Waals surface area (Å²) in [6.45, 7) is 0.0823. The SMILES string of the molecule is NC(=O)COCCNc1c(N)ccc(F)c1F. The van der Waals surface area contributed by atoms with Crippen molar-refractivity contribution in [3.63, 3.8) is 0 Å². The summed E-state index contributed by atoms with van der Waals surface area (Å²) in [6.07, 6.45) is 0. The van der Waals surface area contributed by atoms with E-state index < -0.39 is 17.5 Å². The van der Waals surface area contributed by atoms with E-state index in [0.29, 0.717) is 0 Å². The lowest BCUT2D eigenvalue weighted by Crippen LogP contribution is -2.21. The van der Waals surface area contributed by atoms with Crippen LogP contribution < -0.4 is 16.8 Å². The summed E-state index contributed by atoms with van der Waals surface area (Å²) in [5.74, 6) is -2.62. The summed E-state index contributed by atoms with van der Waals surface area (Å²) in [4.78, 5) is 10.3. The lowest BCUT2D eigenvalue weighted by Gasteiger charge is -2.10. The summed E-state index contributed by atoms with van der Waals surface area (Å²) in [5.41, 5.74) is 10.3. The monoisotopic (exact) mass is 245 g/mol. The minimum Gasteiger partial charge on any atom is -0.397 e. The molecule has 0 unspecified atom stereocenters. The van der Waals surface area contributed by atoms with Crippen molar-refractivity contribution in [2.45, 2.75) is 0 Å². The molecule has 0 fully saturated rings. The van der Waals surface area contributed by atoms with Crippen molar-refractivity contribution >= 4 is 17.3 Å². The fourth-order valence-corrected chi connectivity index (χ4v) is 1.17. The number of nitrogens with two attached hydrogens (primary N) is 2. The quantitative estimate of drug-likeness (QED) is 0.501. The Hall–Kier alpha value is -1.89. The molecule has 1 aromatic carbocycles. The topological polar surface area (TPSA) is 90.4 Å². The maximum atomic E-state index is 13.3. The van der Waals surface area contributed by atoms with E-state index >= 15 is 0 Å². The molecule has 0 spiro atoms. The van der Waals surface area contributed by atoms with E-state index in [2.05, 4.69) is 5.32 Å². The Bertz CT molecular complexity index is 413. The van der Waals surface area contributed by atoms with Gasteiger partial charge < -0.3 is 21.5 Å². The third-order valence-electron chi connectivity index (χ3n) is 1.92. The number of nitrogens with one attached hydrogen (secondary N) is 1. The molecular weight excluding hydrogens is 232 g/mol. The van der Waals surface area contributed by atoms with Gasteiger partial charge in [-0.15, -0.1) is 0 Å². The molecule has 0 aromatic heterocycles. The number of ether oxygens (including phenoxy) is 1. The summed E-state index contributed by atoms with van der Waals surface area (Å²) < 4.78 is 31.0. The van der Waals surface area contributed by atoms with Gasteiger partial charge in [-0.2, -0.15) is 0 Å². The molecule has 5 nitrogen and oxygen atoms in total. The second kappa shape index (κ2) is 6.00. The van der Waals surface area contributed by atoms with Crippen molar-refractivity contribution < 1.29 is 18.3 Å². The zero-order chi connectivity index (χ0) is 12.8. The molecule has 0 atom stereocenters. The molecule has 5 N–H and O–H groups in total. The molecule has 0 aliphatic carbocycles. The summed E-state index contributed by atoms with van der Waals surface area (Å²) in [7, 11) is 0. The maximum Gasteiger partial charge on any atom is 0.243 e. The molecule has 0 heterocycles. The lowest BCUT2D eigenvalue weighted by atomic mass is 10.2. The number of nitrogen functional groups attached to an aromatic ring is 1. The van der Waals surface area contributed by atoms with Gasteiger partial charge in [-0.05, 0) is 12.1 Å². The molecule has 0 saturated heterocycles. The second-order valence-corrected chi connectivity index (χ2v) is 3.27. The Kier molecular flexibility index (Phi) is 4.65. The van der Waals surface area contributed by atoms with Crippen LogP contribution in [0.5, 0.6) is 0 Å². The first-order valence-corrected chi connectivity index (χ1v) is 4.85. The predicted molar refractivity (Wildman–Crippen MR) is 59.3 cm³/mol. The third-order valence-corrected chi connectivity index (χ3v) is 1.92. The second-order valence-electron chi connectivity index (χ2n) is 3.27. The van der Waals surface area contributed by atoms with E-state index in [-0.39, 0.29) is 31.1 Å². The summed E-state index contributed by atoms with van der Waals surface area (Å²) in [5, 5.41) is 2.58. The van der Waals surface area contributed by atoms with Crippen LogP contribution in [0.3, 0.4) is 0 Å². The highest BCUT2D eigenvalue weighted by atomic mass is 19.2. The highest BCUT2D eigenvalue weighted by Gasteiger charge is 2.10. The van der Waals surface area contributed by atoms with Crippen molar-refractivity contribution in [2.24, 2.45) is 5.73 Å². The first kappa shape index (κ1) is 13.2. The van der Waals surface area contributed by atoms with Crippen molar-refractivity contribution in [3.05, 3.63) is 23.8 Å². The number of rotatable bonds is 6. The van der Waals surface area contributed by atoms with Crippen molar-refractivity contribution in [3.8, 4) is 0 Å². The predicted octanol–water partition coefficient (Wildman–Crippen LogP) is 0.461. The number of halogens is 2. The first-order chi connectivity index (χ1) is 8.02. The van der Waals surface area contributed by atoms with Crippen LogP contribution in [-0.4, -0.2) is 25.7 Å². The maximum absolute atomic E-state index is 13.3. The van der Waals surface area contributed by atoms with E-state index in [9.17, 15) is 13.6 Å². The minimum absolute atomic E-state index is 0.0961. The van der Waals surface area contributed by atoms with Gasteiger partial charge in [0.05, 0.1) is 18.0 Å². The fourth-order valence-electron chi connectivity index (χ4n) is 1.17. The Morgan fingerprint density at radius 1 is 1.41 bits per heavy atom. The highest BCUT2D eigenvalue weighted by molar-refractivity contribution is 5.75. The molecule has 1 aromatic rings. The van der Waals surface area contributed by atoms with E-state index in [1.165, 1.54) is 6.07 Å². The molecule has 17 heavy (non-hydrogen) atoms. The van der Waals surface area contributed by atoms with Crippen molar-refractivity contribution in [1.82, 2.24) is 0 Å². The molecule has 1 rings (SSSR count). The molecule has 0 aliphatic rings. The average molecular weight is 245 g/mol. The molecule has 1 amide bonds. The summed E-state index contributed by atoms with van der Waals surface area (Å²) in [6, 6.07) is 2.20. The number of benzene rings is 1. The number of amides is 1. The van der Waals surface area contributed by atoms with Gasteiger partial charge in [0, 0.05) is 6.54 Å². The van der Waals surface area contributed by atoms with Crippen LogP contribution in [0.4, 0.5) is 20.2 Å². The zero-order valence-corrected chi connectivity index (χ0v) is 9.00. The lowest BCUT2D eigenvalue weighted by molar-refractivity contribution is -0.122. The largest absolute Gasteiger partial charge is 0.397 e. The van der Waals surface area contributed by atoms with E-state index in [4.69, 9.17) is 16.2 Å². The number of carbonyl (C=O) groups is 1. The third kappa shape index (κ3) is 3.87. The van der Waals surface area contributed by atoms with Crippen molar-refractivity contribution in [1.29, 1.82) is 0 Å². The van der Waals surface area contributed by atoms with Gasteiger partial charge in [-0.25, -0.2) is 8.78 Å². The van der Waals surface area contributed by atoms with Crippen LogP contribution in [-0.2, 0) is 9.53 Å². The van der Waals surface area contributed by atoms with Crippen LogP contribution >= 0.6 is 0 Å². The summed E-state index contributed by atoms with van der Waals surface area (Å²) >= 11 is 0. The van der Waals surface area contributed by atoms with Gasteiger partial charge in [-0.3, -0.25) is 4.79 Å². The molecule has 0 saturated carbocycles. The smallest absolute Gasteiger partial charge is 0.243 e. The average Bonchev–Trinajstić information content (AvgIpc) is 2.27. The first-order valence-electron chi connectivity index (χ1n) is 4.85. The normalized spacial score (nSPS) is 10.2. The zero-order valence-electron chi connectivity index (χ0n) is 9.00. The number of hydrogen-bond acceptors (Lipinski definition) is 4. The number of hydrogen-bond donors (Lipinski definition) is 3. The van der Waals surface area contributed by atoms with Crippen LogP contribution in [0.1, 0.15) is 0 Å². The molecular formula is C10H13F2N3O2.